The maximum absolute atomic E-state index is 9.78. The molecule has 0 spiro atoms. The summed E-state index contributed by atoms with van der Waals surface area (Å²) < 4.78 is 6.17. The third-order valence-corrected chi connectivity index (χ3v) is 3.23. The van der Waals surface area contributed by atoms with Crippen LogP contribution in [0.2, 0.25) is 0 Å². The van der Waals surface area contributed by atoms with Crippen molar-refractivity contribution < 1.29 is 14.5 Å². The molecule has 0 radical (unpaired) electrons. The lowest BCUT2D eigenvalue weighted by Gasteiger charge is -1.91. The first-order chi connectivity index (χ1) is 10.2. The van der Waals surface area contributed by atoms with E-state index in [1.807, 2.05) is 36.4 Å². The molecule has 0 saturated heterocycles. The Labute approximate surface area is 129 Å². The normalized spacial score (nSPS) is 11.1. The van der Waals surface area contributed by atoms with Gasteiger partial charge in [-0.25, -0.2) is 9.97 Å². The van der Waals surface area contributed by atoms with Gasteiger partial charge in [0.25, 0.3) is 0 Å². The van der Waals surface area contributed by atoms with Crippen LogP contribution in [0.5, 0.6) is 5.95 Å². The topological polar surface area (TPSA) is 72.8 Å². The Hall–Kier alpha value is -2.47. The Morgan fingerprint density at radius 1 is 1.19 bits per heavy atom. The van der Waals surface area contributed by atoms with Crippen LogP contribution < -0.4 is 4.98 Å². The molecule has 3 aromatic rings. The lowest BCUT2D eigenvalue weighted by molar-refractivity contribution is -0.363. The van der Waals surface area contributed by atoms with E-state index in [2.05, 4.69) is 30.9 Å². The van der Waals surface area contributed by atoms with Gasteiger partial charge in [0.2, 0.25) is 5.89 Å². The molecule has 0 bridgehead atoms. The van der Waals surface area contributed by atoms with Crippen LogP contribution >= 0.6 is 15.9 Å². The van der Waals surface area contributed by atoms with Crippen LogP contribution in [0, 0.1) is 0 Å². The number of oxazole rings is 1. The molecular weight excluding hydrogens is 334 g/mol. The van der Waals surface area contributed by atoms with Crippen molar-refractivity contribution in [1.82, 2.24) is 4.98 Å². The number of hydrogen-bond donors (Lipinski definition) is 1. The fourth-order valence-electron chi connectivity index (χ4n) is 1.72. The molecule has 3 rings (SSSR count). The molecule has 0 aliphatic carbocycles. The Bertz CT molecular complexity index is 767. The van der Waals surface area contributed by atoms with Crippen LogP contribution in [0.25, 0.3) is 11.5 Å². The number of aromatic amines is 1. The number of pyridine rings is 1. The molecule has 0 aliphatic heterocycles. The first-order valence-corrected chi connectivity index (χ1v) is 6.98. The molecule has 0 atom stereocenters. The third-order valence-electron chi connectivity index (χ3n) is 2.74. The average molecular weight is 345 g/mol. The van der Waals surface area contributed by atoms with Crippen molar-refractivity contribution in [3.05, 3.63) is 58.8 Å². The molecule has 0 amide bonds. The SMILES string of the molecule is Oc1oc(-c2ccccc2)nc1C=Nc1ccc(Br)c[nH+]1. The van der Waals surface area contributed by atoms with Crippen LogP contribution in [0.3, 0.4) is 0 Å². The van der Waals surface area contributed by atoms with Gasteiger partial charge in [-0.15, -0.1) is 0 Å². The molecule has 0 saturated carbocycles. The number of hydrogen-bond acceptors (Lipinski definition) is 4. The summed E-state index contributed by atoms with van der Waals surface area (Å²) in [4.78, 5) is 11.4. The summed E-state index contributed by atoms with van der Waals surface area (Å²) >= 11 is 3.33. The maximum atomic E-state index is 9.78. The third kappa shape index (κ3) is 3.17. The Morgan fingerprint density at radius 2 is 2.00 bits per heavy atom. The highest BCUT2D eigenvalue weighted by Gasteiger charge is 2.14. The lowest BCUT2D eigenvalue weighted by atomic mass is 10.2. The Kier molecular flexibility index (Phi) is 3.79. The van der Waals surface area contributed by atoms with Gasteiger partial charge < -0.3 is 9.52 Å². The summed E-state index contributed by atoms with van der Waals surface area (Å²) in [5.41, 5.74) is 1.08. The monoisotopic (exact) mass is 344 g/mol. The molecule has 104 valence electrons. The summed E-state index contributed by atoms with van der Waals surface area (Å²) in [6.07, 6.45) is 3.22. The standard InChI is InChI=1S/C15H10BrN3O2/c16-11-6-7-13(17-8-11)18-9-12-15(20)21-14(19-12)10-4-2-1-3-5-10/h1-9,20H/p+1. The van der Waals surface area contributed by atoms with E-state index in [0.29, 0.717) is 11.7 Å². The van der Waals surface area contributed by atoms with Crippen molar-refractivity contribution in [1.29, 1.82) is 0 Å². The fourth-order valence-corrected chi connectivity index (χ4v) is 1.97. The summed E-state index contributed by atoms with van der Waals surface area (Å²) in [6.45, 7) is 0. The van der Waals surface area contributed by atoms with Crippen LogP contribution in [0.4, 0.5) is 5.82 Å². The second-order valence-electron chi connectivity index (χ2n) is 4.23. The van der Waals surface area contributed by atoms with Gasteiger partial charge in [-0.1, -0.05) is 18.2 Å². The zero-order valence-electron chi connectivity index (χ0n) is 10.8. The van der Waals surface area contributed by atoms with Crippen LogP contribution in [0.1, 0.15) is 5.69 Å². The average Bonchev–Trinajstić information content (AvgIpc) is 2.89. The molecule has 0 unspecified atom stereocenters. The number of halogens is 1. The molecule has 2 aromatic heterocycles. The molecule has 0 fully saturated rings. The van der Waals surface area contributed by atoms with E-state index in [4.69, 9.17) is 4.42 Å². The van der Waals surface area contributed by atoms with Crippen LogP contribution in [0.15, 0.2) is 62.5 Å². The smallest absolute Gasteiger partial charge is 0.320 e. The van der Waals surface area contributed by atoms with Crippen molar-refractivity contribution in [3.8, 4) is 17.4 Å². The molecule has 0 aliphatic rings. The van der Waals surface area contributed by atoms with Crippen molar-refractivity contribution in [2.45, 2.75) is 0 Å². The minimum Gasteiger partial charge on any atom is -0.479 e. The highest BCUT2D eigenvalue weighted by atomic mass is 79.9. The van der Waals surface area contributed by atoms with Crippen molar-refractivity contribution in [3.63, 3.8) is 0 Å². The zero-order valence-corrected chi connectivity index (χ0v) is 12.4. The van der Waals surface area contributed by atoms with E-state index in [1.54, 1.807) is 12.3 Å². The number of nitrogens with one attached hydrogen (secondary N) is 1. The molecule has 1 aromatic carbocycles. The second-order valence-corrected chi connectivity index (χ2v) is 5.14. The minimum absolute atomic E-state index is 0.255. The number of aromatic hydroxyl groups is 1. The number of nitrogens with zero attached hydrogens (tertiary/aromatic N) is 2. The van der Waals surface area contributed by atoms with E-state index in [1.165, 1.54) is 6.21 Å². The van der Waals surface area contributed by atoms with Crippen LogP contribution in [-0.2, 0) is 0 Å². The van der Waals surface area contributed by atoms with Crippen molar-refractivity contribution >= 4 is 28.0 Å². The van der Waals surface area contributed by atoms with Gasteiger partial charge >= 0.3 is 11.8 Å². The number of aromatic nitrogens is 2. The highest BCUT2D eigenvalue weighted by molar-refractivity contribution is 9.10. The van der Waals surface area contributed by atoms with Gasteiger partial charge in [-0.2, -0.15) is 0 Å². The van der Waals surface area contributed by atoms with E-state index < -0.39 is 0 Å². The number of rotatable bonds is 3. The maximum Gasteiger partial charge on any atom is 0.320 e. The minimum atomic E-state index is -0.255. The molecule has 21 heavy (non-hydrogen) atoms. The Balaban J connectivity index is 1.86. The number of aliphatic imine (C=N–C) groups is 1. The lowest BCUT2D eigenvalue weighted by Crippen LogP contribution is -2.00. The quantitative estimate of drug-likeness (QED) is 0.740. The van der Waals surface area contributed by atoms with E-state index >= 15 is 0 Å². The highest BCUT2D eigenvalue weighted by Crippen LogP contribution is 2.25. The van der Waals surface area contributed by atoms with E-state index in [9.17, 15) is 5.11 Å². The van der Waals surface area contributed by atoms with E-state index in [-0.39, 0.29) is 11.6 Å². The summed E-state index contributed by atoms with van der Waals surface area (Å²) in [6, 6.07) is 13.0. The number of benzene rings is 1. The fraction of sp³-hybridized carbons (Fsp3) is 0. The molecular formula is C15H11BrN3O2+. The first-order valence-electron chi connectivity index (χ1n) is 6.19. The van der Waals surface area contributed by atoms with Gasteiger partial charge in [0, 0.05) is 11.6 Å². The molecule has 6 heteroatoms. The van der Waals surface area contributed by atoms with Crippen LogP contribution in [-0.4, -0.2) is 16.3 Å². The summed E-state index contributed by atoms with van der Waals surface area (Å²) in [7, 11) is 0. The Morgan fingerprint density at radius 3 is 2.71 bits per heavy atom. The van der Waals surface area contributed by atoms with Gasteiger partial charge in [0.15, 0.2) is 11.9 Å². The summed E-state index contributed by atoms with van der Waals surface area (Å²) in [5.74, 6) is 0.742. The largest absolute Gasteiger partial charge is 0.479 e. The van der Waals surface area contributed by atoms with Gasteiger partial charge in [0.05, 0.1) is 4.47 Å². The van der Waals surface area contributed by atoms with Crippen molar-refractivity contribution in [2.24, 2.45) is 4.99 Å². The first kappa shape index (κ1) is 13.5. The van der Waals surface area contributed by atoms with Gasteiger partial charge in [0.1, 0.15) is 6.20 Å². The summed E-state index contributed by atoms with van der Waals surface area (Å²) in [5, 5.41) is 9.78. The zero-order chi connectivity index (χ0) is 14.7. The molecule has 5 nitrogen and oxygen atoms in total. The van der Waals surface area contributed by atoms with Gasteiger partial charge in [-0.3, -0.25) is 0 Å². The van der Waals surface area contributed by atoms with Gasteiger partial charge in [-0.05, 0) is 39.1 Å². The van der Waals surface area contributed by atoms with E-state index in [0.717, 1.165) is 10.0 Å². The predicted octanol–water partition coefficient (Wildman–Crippen LogP) is 3.37. The molecule has 2 N–H and O–H groups in total. The van der Waals surface area contributed by atoms with Crippen molar-refractivity contribution in [2.75, 3.05) is 0 Å². The second kappa shape index (κ2) is 5.88. The number of H-pyrrole nitrogens is 1. The predicted molar refractivity (Wildman–Crippen MR) is 81.6 cm³/mol. The molecule has 2 heterocycles.